The largest absolute Gasteiger partial charge is 0.352 e. The molecular formula is C22H32IN5. The number of halogens is 1. The molecule has 1 aliphatic rings. The molecule has 0 amide bonds. The van der Waals surface area contributed by atoms with E-state index in [0.29, 0.717) is 6.54 Å². The summed E-state index contributed by atoms with van der Waals surface area (Å²) < 4.78 is 0. The number of aromatic nitrogens is 1. The average Bonchev–Trinajstić information content (AvgIpc) is 2.99. The van der Waals surface area contributed by atoms with E-state index in [0.717, 1.165) is 24.7 Å². The van der Waals surface area contributed by atoms with Gasteiger partial charge in [-0.3, -0.25) is 14.9 Å². The normalized spacial score (nSPS) is 15.4. The first-order chi connectivity index (χ1) is 13.3. The molecule has 1 saturated heterocycles. The van der Waals surface area contributed by atoms with Gasteiger partial charge in [0.1, 0.15) is 0 Å². The molecule has 1 aromatic carbocycles. The summed E-state index contributed by atoms with van der Waals surface area (Å²) in [6.07, 6.45) is 7.21. The van der Waals surface area contributed by atoms with E-state index in [2.05, 4.69) is 49.8 Å². The van der Waals surface area contributed by atoms with Crippen LogP contribution in [0.3, 0.4) is 0 Å². The molecule has 1 fully saturated rings. The maximum atomic E-state index is 4.34. The Kier molecular flexibility index (Phi) is 10.3. The Hall–Kier alpha value is -1.67. The molecule has 0 atom stereocenters. The Bertz CT molecular complexity index is 712. The number of hydrogen-bond acceptors (Lipinski definition) is 3. The molecule has 0 unspecified atom stereocenters. The summed E-state index contributed by atoms with van der Waals surface area (Å²) in [6.45, 7) is 4.91. The van der Waals surface area contributed by atoms with Crippen LogP contribution in [0, 0.1) is 0 Å². The Morgan fingerprint density at radius 1 is 0.929 bits per heavy atom. The first-order valence-corrected chi connectivity index (χ1v) is 9.99. The van der Waals surface area contributed by atoms with Crippen molar-refractivity contribution in [3.63, 3.8) is 0 Å². The van der Waals surface area contributed by atoms with Gasteiger partial charge in [0.2, 0.25) is 0 Å². The molecule has 152 valence electrons. The van der Waals surface area contributed by atoms with Crippen LogP contribution in [-0.4, -0.2) is 36.0 Å². The molecule has 0 radical (unpaired) electrons. The lowest BCUT2D eigenvalue weighted by Crippen LogP contribution is -2.36. The van der Waals surface area contributed by atoms with Crippen LogP contribution < -0.4 is 10.6 Å². The third kappa shape index (κ3) is 7.39. The number of benzene rings is 1. The smallest absolute Gasteiger partial charge is 0.191 e. The second-order valence-electron chi connectivity index (χ2n) is 7.06. The van der Waals surface area contributed by atoms with Crippen molar-refractivity contribution >= 4 is 29.9 Å². The number of rotatable bonds is 6. The van der Waals surface area contributed by atoms with E-state index in [9.17, 15) is 0 Å². The zero-order chi connectivity index (χ0) is 18.7. The van der Waals surface area contributed by atoms with E-state index in [1.165, 1.54) is 49.9 Å². The van der Waals surface area contributed by atoms with Crippen LogP contribution in [0.15, 0.2) is 53.7 Å². The van der Waals surface area contributed by atoms with Gasteiger partial charge in [0.05, 0.1) is 12.2 Å². The molecule has 2 aromatic rings. The highest BCUT2D eigenvalue weighted by molar-refractivity contribution is 14.0. The van der Waals surface area contributed by atoms with Gasteiger partial charge in [-0.25, -0.2) is 0 Å². The zero-order valence-electron chi connectivity index (χ0n) is 16.7. The minimum absolute atomic E-state index is 0. The third-order valence-corrected chi connectivity index (χ3v) is 5.04. The molecule has 0 bridgehead atoms. The van der Waals surface area contributed by atoms with Gasteiger partial charge in [-0.2, -0.15) is 0 Å². The zero-order valence-corrected chi connectivity index (χ0v) is 19.1. The summed E-state index contributed by atoms with van der Waals surface area (Å²) in [4.78, 5) is 11.3. The van der Waals surface area contributed by atoms with E-state index in [-0.39, 0.29) is 24.0 Å². The van der Waals surface area contributed by atoms with Crippen molar-refractivity contribution < 1.29 is 0 Å². The number of likely N-dealkylation sites (tertiary alicyclic amines) is 1. The van der Waals surface area contributed by atoms with E-state index < -0.39 is 0 Å². The first-order valence-electron chi connectivity index (χ1n) is 9.99. The van der Waals surface area contributed by atoms with Crippen molar-refractivity contribution in [3.8, 4) is 0 Å². The van der Waals surface area contributed by atoms with Gasteiger partial charge in [0, 0.05) is 26.3 Å². The van der Waals surface area contributed by atoms with Crippen molar-refractivity contribution in [1.82, 2.24) is 20.5 Å². The van der Waals surface area contributed by atoms with Crippen molar-refractivity contribution in [1.29, 1.82) is 0 Å². The number of pyridine rings is 1. The number of nitrogens with zero attached hydrogens (tertiary/aromatic N) is 3. The lowest BCUT2D eigenvalue weighted by molar-refractivity contribution is 0.276. The van der Waals surface area contributed by atoms with Gasteiger partial charge < -0.3 is 10.6 Å². The fourth-order valence-corrected chi connectivity index (χ4v) is 3.50. The number of guanidine groups is 1. The van der Waals surface area contributed by atoms with E-state index in [1.54, 1.807) is 7.05 Å². The second-order valence-corrected chi connectivity index (χ2v) is 7.06. The van der Waals surface area contributed by atoms with Crippen LogP contribution in [0.5, 0.6) is 0 Å². The van der Waals surface area contributed by atoms with Crippen LogP contribution in [0.1, 0.15) is 42.5 Å². The third-order valence-electron chi connectivity index (χ3n) is 5.04. The first kappa shape index (κ1) is 22.6. The summed E-state index contributed by atoms with van der Waals surface area (Å²) in [5.41, 5.74) is 3.75. The minimum atomic E-state index is 0. The second kappa shape index (κ2) is 12.7. The lowest BCUT2D eigenvalue weighted by atomic mass is 10.1. The molecule has 0 spiro atoms. The summed E-state index contributed by atoms with van der Waals surface area (Å²) in [5, 5.41) is 6.77. The summed E-state index contributed by atoms with van der Waals surface area (Å²) >= 11 is 0. The molecule has 1 aromatic heterocycles. The Morgan fingerprint density at radius 3 is 2.29 bits per heavy atom. The fourth-order valence-electron chi connectivity index (χ4n) is 3.50. The van der Waals surface area contributed by atoms with Crippen LogP contribution in [-0.2, 0) is 19.6 Å². The SMILES string of the molecule is CN=C(NCc1ccccn1)NCc1ccccc1CN1CCCCCC1.I. The standard InChI is InChI=1S/C22H31N5.HI/c1-23-22(26-17-21-12-6-7-13-24-21)25-16-19-10-4-5-11-20(19)18-27-14-8-2-3-9-15-27;/h4-7,10-13H,2-3,8-9,14-18H2,1H3,(H2,23,25,26);1H. The Morgan fingerprint density at radius 2 is 1.61 bits per heavy atom. The molecule has 3 rings (SSSR count). The van der Waals surface area contributed by atoms with Gasteiger partial charge in [0.15, 0.2) is 5.96 Å². The predicted molar refractivity (Wildman–Crippen MR) is 127 cm³/mol. The Labute approximate surface area is 186 Å². The number of nitrogens with one attached hydrogen (secondary N) is 2. The van der Waals surface area contributed by atoms with Gasteiger partial charge in [-0.05, 0) is 49.2 Å². The molecule has 0 saturated carbocycles. The molecule has 2 N–H and O–H groups in total. The summed E-state index contributed by atoms with van der Waals surface area (Å²) in [6, 6.07) is 14.7. The molecule has 1 aliphatic heterocycles. The Balaban J connectivity index is 0.00000280. The maximum absolute atomic E-state index is 4.34. The summed E-state index contributed by atoms with van der Waals surface area (Å²) in [5.74, 6) is 0.797. The van der Waals surface area contributed by atoms with Crippen LogP contribution in [0.4, 0.5) is 0 Å². The van der Waals surface area contributed by atoms with Crippen LogP contribution >= 0.6 is 24.0 Å². The van der Waals surface area contributed by atoms with Crippen LogP contribution in [0.25, 0.3) is 0 Å². The van der Waals surface area contributed by atoms with Crippen LogP contribution in [0.2, 0.25) is 0 Å². The maximum Gasteiger partial charge on any atom is 0.191 e. The molecule has 6 heteroatoms. The van der Waals surface area contributed by atoms with Crippen molar-refractivity contribution in [2.45, 2.75) is 45.3 Å². The van der Waals surface area contributed by atoms with Gasteiger partial charge in [-0.15, -0.1) is 24.0 Å². The van der Waals surface area contributed by atoms with Gasteiger partial charge >= 0.3 is 0 Å². The number of aliphatic imine (C=N–C) groups is 1. The highest BCUT2D eigenvalue weighted by atomic mass is 127. The molecule has 5 nitrogen and oxygen atoms in total. The van der Waals surface area contributed by atoms with Crippen molar-refractivity contribution in [2.24, 2.45) is 4.99 Å². The van der Waals surface area contributed by atoms with E-state index in [1.807, 2.05) is 24.4 Å². The molecule has 28 heavy (non-hydrogen) atoms. The lowest BCUT2D eigenvalue weighted by Gasteiger charge is -2.22. The fraction of sp³-hybridized carbons (Fsp3) is 0.455. The highest BCUT2D eigenvalue weighted by Gasteiger charge is 2.11. The molecule has 0 aliphatic carbocycles. The highest BCUT2D eigenvalue weighted by Crippen LogP contribution is 2.16. The quantitative estimate of drug-likeness (QED) is 0.364. The van der Waals surface area contributed by atoms with Gasteiger partial charge in [-0.1, -0.05) is 43.2 Å². The molecule has 2 heterocycles. The monoisotopic (exact) mass is 493 g/mol. The minimum Gasteiger partial charge on any atom is -0.352 e. The van der Waals surface area contributed by atoms with E-state index in [4.69, 9.17) is 0 Å². The van der Waals surface area contributed by atoms with Crippen molar-refractivity contribution in [3.05, 3.63) is 65.5 Å². The average molecular weight is 493 g/mol. The number of hydrogen-bond donors (Lipinski definition) is 2. The van der Waals surface area contributed by atoms with E-state index >= 15 is 0 Å². The van der Waals surface area contributed by atoms with Crippen molar-refractivity contribution in [2.75, 3.05) is 20.1 Å². The topological polar surface area (TPSA) is 52.6 Å². The predicted octanol–water partition coefficient (Wildman–Crippen LogP) is 3.94. The van der Waals surface area contributed by atoms with Gasteiger partial charge in [0.25, 0.3) is 0 Å². The molecular weight excluding hydrogens is 461 g/mol. The summed E-state index contributed by atoms with van der Waals surface area (Å²) in [7, 11) is 1.80.